The first kappa shape index (κ1) is 48.2. The third kappa shape index (κ3) is 9.99. The van der Waals surface area contributed by atoms with Crippen LogP contribution in [0, 0.1) is 5.92 Å². The summed E-state index contributed by atoms with van der Waals surface area (Å²) in [6.45, 7) is 0. The Kier molecular flexibility index (Phi) is 13.0. The monoisotopic (exact) mass is 961 g/mol. The summed E-state index contributed by atoms with van der Waals surface area (Å²) in [5.74, 6) is -2.23. The van der Waals surface area contributed by atoms with Crippen molar-refractivity contribution in [1.82, 2.24) is 4.90 Å². The van der Waals surface area contributed by atoms with Gasteiger partial charge in [0.15, 0.2) is 0 Å². The molecule has 17 heteroatoms. The topological polar surface area (TPSA) is 113 Å². The highest BCUT2D eigenvalue weighted by Gasteiger charge is 2.52. The van der Waals surface area contributed by atoms with Crippen LogP contribution in [0.1, 0.15) is 87.5 Å². The van der Waals surface area contributed by atoms with Gasteiger partial charge in [-0.15, -0.1) is 0 Å². The lowest BCUT2D eigenvalue weighted by Crippen LogP contribution is -2.31. The predicted molar refractivity (Wildman–Crippen MR) is 234 cm³/mol. The van der Waals surface area contributed by atoms with E-state index in [4.69, 9.17) is 14.6 Å². The molecule has 8 nitrogen and oxygen atoms in total. The highest BCUT2D eigenvalue weighted by atomic mass is 19.4. The number of carboxylic acids is 2. The van der Waals surface area contributed by atoms with Crippen molar-refractivity contribution in [1.29, 1.82) is 0 Å². The molecule has 358 valence electrons. The number of rotatable bonds is 9. The molecule has 0 aromatic heterocycles. The Hall–Kier alpha value is -7.30. The Morgan fingerprint density at radius 1 is 0.609 bits per heavy atom. The number of amides is 1. The second-order valence-corrected chi connectivity index (χ2v) is 17.0. The smallest absolute Gasteiger partial charge is 0.416 e. The van der Waals surface area contributed by atoms with Crippen molar-refractivity contribution in [3.63, 3.8) is 0 Å². The largest absolute Gasteiger partial charge is 0.496 e. The first-order chi connectivity index (χ1) is 32.6. The Labute approximate surface area is 388 Å². The number of fused-ring (bicyclic) bond motifs is 1. The number of methoxy groups -OCH3 is 1. The zero-order valence-electron chi connectivity index (χ0n) is 36.2. The molecule has 69 heavy (non-hydrogen) atoms. The highest BCUT2D eigenvalue weighted by Crippen LogP contribution is 2.52. The van der Waals surface area contributed by atoms with Gasteiger partial charge in [-0.3, -0.25) is 9.69 Å². The van der Waals surface area contributed by atoms with Gasteiger partial charge in [0.2, 0.25) is 0 Å². The van der Waals surface area contributed by atoms with Crippen molar-refractivity contribution < 1.29 is 73.6 Å². The van der Waals surface area contributed by atoms with Gasteiger partial charge in [0.25, 0.3) is 0 Å². The van der Waals surface area contributed by atoms with Crippen molar-refractivity contribution >= 4 is 18.0 Å². The first-order valence-electron chi connectivity index (χ1n) is 21.5. The van der Waals surface area contributed by atoms with Gasteiger partial charge in [-0.05, 0) is 131 Å². The lowest BCUT2D eigenvalue weighted by atomic mass is 9.71. The summed E-state index contributed by atoms with van der Waals surface area (Å²) >= 11 is 0. The molecule has 1 saturated carbocycles. The zero-order chi connectivity index (χ0) is 49.6. The summed E-state index contributed by atoms with van der Waals surface area (Å²) < 4.78 is 134. The van der Waals surface area contributed by atoms with Crippen molar-refractivity contribution in [2.24, 2.45) is 5.92 Å². The molecule has 2 N–H and O–H groups in total. The third-order valence-electron chi connectivity index (χ3n) is 12.8. The molecule has 1 aliphatic carbocycles. The molecule has 2 saturated heterocycles. The van der Waals surface area contributed by atoms with Crippen molar-refractivity contribution in [2.45, 2.75) is 68.3 Å². The van der Waals surface area contributed by atoms with E-state index < -0.39 is 82.9 Å². The molecule has 2 heterocycles. The highest BCUT2D eigenvalue weighted by molar-refractivity contribution is 5.91. The van der Waals surface area contributed by atoms with E-state index in [-0.39, 0.29) is 41.7 Å². The van der Waals surface area contributed by atoms with E-state index in [0.717, 1.165) is 44.8 Å². The molecule has 0 radical (unpaired) electrons. The predicted octanol–water partition coefficient (Wildman–Crippen LogP) is 14.1. The summed E-state index contributed by atoms with van der Waals surface area (Å²) in [5.41, 5.74) is 1.05. The Balaban J connectivity index is 0.000000254. The lowest BCUT2D eigenvalue weighted by Gasteiger charge is -2.33. The van der Waals surface area contributed by atoms with Crippen LogP contribution in [0.2, 0.25) is 0 Å². The summed E-state index contributed by atoms with van der Waals surface area (Å²) in [5, 5.41) is 18.4. The van der Waals surface area contributed by atoms with Gasteiger partial charge in [-0.25, -0.2) is 9.59 Å². The van der Waals surface area contributed by atoms with Crippen LogP contribution >= 0.6 is 0 Å². The maximum atomic E-state index is 14.0. The summed E-state index contributed by atoms with van der Waals surface area (Å²) in [4.78, 5) is 36.8. The maximum absolute atomic E-state index is 14.0. The zero-order valence-corrected chi connectivity index (χ0v) is 36.2. The second-order valence-electron chi connectivity index (χ2n) is 17.0. The second kappa shape index (κ2) is 18.7. The number of halogens is 9. The number of aliphatic carboxylic acids is 1. The minimum atomic E-state index is -5.15. The Bertz CT molecular complexity index is 2880. The van der Waals surface area contributed by atoms with E-state index in [9.17, 15) is 59.0 Å². The van der Waals surface area contributed by atoms with Crippen LogP contribution in [0.3, 0.4) is 0 Å². The average Bonchev–Trinajstić information content (AvgIpc) is 3.88. The van der Waals surface area contributed by atoms with Crippen LogP contribution in [-0.4, -0.2) is 46.3 Å². The molecule has 1 amide bonds. The number of benzene rings is 6. The van der Waals surface area contributed by atoms with Gasteiger partial charge >= 0.3 is 36.6 Å². The van der Waals surface area contributed by atoms with Crippen LogP contribution in [0.15, 0.2) is 133 Å². The fraction of sp³-hybridized carbons (Fsp3) is 0.250. The van der Waals surface area contributed by atoms with Gasteiger partial charge in [-0.1, -0.05) is 78.9 Å². The van der Waals surface area contributed by atoms with Gasteiger partial charge in [0, 0.05) is 5.56 Å². The van der Waals surface area contributed by atoms with E-state index >= 15 is 0 Å². The summed E-state index contributed by atoms with van der Waals surface area (Å²) in [6.07, 6.45) is -17.0. The number of carbonyl (C=O) groups excluding carboxylic acids is 1. The number of carbonyl (C=O) groups is 3. The first-order valence-corrected chi connectivity index (χ1v) is 21.5. The van der Waals surface area contributed by atoms with Crippen LogP contribution < -0.4 is 4.74 Å². The third-order valence-corrected chi connectivity index (χ3v) is 12.8. The summed E-state index contributed by atoms with van der Waals surface area (Å²) in [7, 11) is 1.35. The average molecular weight is 962 g/mol. The van der Waals surface area contributed by atoms with Crippen LogP contribution in [0.4, 0.5) is 44.3 Å². The van der Waals surface area contributed by atoms with E-state index in [2.05, 4.69) is 18.2 Å². The number of hydrogen-bond acceptors (Lipinski definition) is 5. The molecule has 6 aromatic carbocycles. The number of nitrogens with zero attached hydrogens (tertiary/aromatic N) is 1. The quantitative estimate of drug-likeness (QED) is 0.139. The maximum Gasteiger partial charge on any atom is 0.416 e. The molecule has 0 spiro atoms. The van der Waals surface area contributed by atoms with E-state index in [1.165, 1.54) is 13.2 Å². The molecule has 3 fully saturated rings. The lowest BCUT2D eigenvalue weighted by molar-refractivity contribution is -0.145. The van der Waals surface area contributed by atoms with Crippen molar-refractivity contribution in [3.8, 4) is 39.1 Å². The van der Waals surface area contributed by atoms with E-state index in [1.807, 2.05) is 42.5 Å². The van der Waals surface area contributed by atoms with Crippen LogP contribution in [0.5, 0.6) is 5.75 Å². The van der Waals surface area contributed by atoms with Gasteiger partial charge in [0.1, 0.15) is 11.9 Å². The fourth-order valence-corrected chi connectivity index (χ4v) is 9.35. The van der Waals surface area contributed by atoms with Gasteiger partial charge in [0.05, 0.1) is 47.4 Å². The molecule has 3 aliphatic rings. The Morgan fingerprint density at radius 3 is 1.81 bits per heavy atom. The van der Waals surface area contributed by atoms with Gasteiger partial charge < -0.3 is 19.7 Å². The van der Waals surface area contributed by atoms with Crippen molar-refractivity contribution in [2.75, 3.05) is 7.11 Å². The number of cyclic esters (lactones) is 1. The minimum Gasteiger partial charge on any atom is -0.496 e. The van der Waals surface area contributed by atoms with Crippen LogP contribution in [-0.2, 0) is 28.1 Å². The number of aromatic carboxylic acids is 1. The van der Waals surface area contributed by atoms with Gasteiger partial charge in [-0.2, -0.15) is 39.5 Å². The van der Waals surface area contributed by atoms with Crippen LogP contribution in [0.25, 0.3) is 33.4 Å². The molecule has 2 aliphatic heterocycles. The summed E-state index contributed by atoms with van der Waals surface area (Å²) in [6, 6.07) is 31.9. The molecule has 0 bridgehead atoms. The van der Waals surface area contributed by atoms with E-state index in [1.54, 1.807) is 36.4 Å². The molecule has 3 atom stereocenters. The fourth-order valence-electron chi connectivity index (χ4n) is 9.35. The molecule has 6 aromatic rings. The Morgan fingerprint density at radius 2 is 1.22 bits per heavy atom. The number of ether oxygens (including phenoxy) is 2. The molecular weight excluding hydrogens is 922 g/mol. The molecular formula is C52H40F9NO7. The number of hydrogen-bond donors (Lipinski definition) is 2. The normalized spacial score (nSPS) is 20.0. The van der Waals surface area contributed by atoms with Crippen molar-refractivity contribution in [3.05, 3.63) is 172 Å². The number of alkyl halides is 9. The standard InChI is InChI=1S/C33H26F9NO5.C19H14O2/c1-47-27-7-2-15(16-8-18(9-16)29(44)45)12-24(27)22-4-3-19(31(34,35)36)14-23(22)25-5-6-26-28(48-30(46)43(25)26)17-10-20(32(37,38)39)13-21(11-17)33(40,41)42;20-19(21)16-10-6-9-15(13-16)18-12-5-4-11-17(18)14-7-2-1-3-8-14/h2-4,7,10-14,16,18,25-26,28H,5-6,8-9H2,1H3,(H,44,45);1-13H,(H,20,21)/t16-,18-,25-,26-,28+;/m0./s1. The molecule has 9 rings (SSSR count). The van der Waals surface area contributed by atoms with E-state index in [0.29, 0.717) is 36.1 Å². The minimum absolute atomic E-state index is 0.00415. The SMILES string of the molecule is COc1ccc([C@H]2C[C@H](C(=O)O)C2)cc1-c1ccc(C(F)(F)F)cc1[C@@H]1CC[C@H]2[C@@H](c3cc(C(F)(F)F)cc(C(F)(F)F)c3)OC(=O)N12.O=C(O)c1cccc(-c2ccccc2-c2ccccc2)c1. The number of carboxylic acid groups (broad SMARTS) is 2. The molecule has 0 unspecified atom stereocenters.